The molecule has 6 heteroatoms. The van der Waals surface area contributed by atoms with E-state index in [0.717, 1.165) is 21.7 Å². The van der Waals surface area contributed by atoms with Gasteiger partial charge in [0, 0.05) is 17.0 Å². The van der Waals surface area contributed by atoms with Gasteiger partial charge in [-0.25, -0.2) is 4.99 Å². The van der Waals surface area contributed by atoms with Crippen molar-refractivity contribution in [2.24, 2.45) is 4.99 Å². The molecule has 1 aromatic heterocycles. The number of methoxy groups -OCH3 is 3. The monoisotopic (exact) mass is 410 g/mol. The van der Waals surface area contributed by atoms with E-state index in [1.165, 1.54) is 24.0 Å². The van der Waals surface area contributed by atoms with E-state index in [1.54, 1.807) is 32.7 Å². The van der Waals surface area contributed by atoms with Crippen molar-refractivity contribution >= 4 is 17.0 Å². The molecule has 0 saturated heterocycles. The summed E-state index contributed by atoms with van der Waals surface area (Å²) in [5.74, 6) is 1.92. The van der Waals surface area contributed by atoms with Gasteiger partial charge in [0.05, 0.1) is 32.7 Å². The molecule has 152 valence electrons. The standard InChI is InChI=1S/C23H26N2O3S/c1-14-8-15(2)10-17(9-14)24-23-25(18-6-7-18)19(13-29-23)16-11-20(26-3)22(28-5)21(12-16)27-4/h8-13,18H,6-7H2,1-5H3. The molecule has 0 atom stereocenters. The quantitative estimate of drug-likeness (QED) is 0.545. The van der Waals surface area contributed by atoms with Crippen molar-refractivity contribution < 1.29 is 14.2 Å². The first-order chi connectivity index (χ1) is 14.0. The molecule has 5 nitrogen and oxygen atoms in total. The van der Waals surface area contributed by atoms with Crippen LogP contribution in [0, 0.1) is 13.8 Å². The maximum absolute atomic E-state index is 5.55. The van der Waals surface area contributed by atoms with Crippen LogP contribution in [-0.4, -0.2) is 25.9 Å². The highest BCUT2D eigenvalue weighted by Crippen LogP contribution is 2.43. The smallest absolute Gasteiger partial charge is 0.203 e. The molecule has 1 saturated carbocycles. The number of ether oxygens (including phenoxy) is 3. The number of thiazole rings is 1. The molecule has 1 heterocycles. The maximum Gasteiger partial charge on any atom is 0.203 e. The zero-order chi connectivity index (χ0) is 20.5. The molecule has 0 N–H and O–H groups in total. The maximum atomic E-state index is 5.55. The van der Waals surface area contributed by atoms with Gasteiger partial charge in [0.15, 0.2) is 16.3 Å². The number of hydrogen-bond donors (Lipinski definition) is 0. The first kappa shape index (κ1) is 19.6. The molecule has 2 aromatic carbocycles. The van der Waals surface area contributed by atoms with Crippen LogP contribution in [0.1, 0.15) is 30.0 Å². The average Bonchev–Trinajstić information content (AvgIpc) is 3.46. The van der Waals surface area contributed by atoms with Crippen LogP contribution in [0.2, 0.25) is 0 Å². The second kappa shape index (κ2) is 7.95. The third-order valence-corrected chi connectivity index (χ3v) is 5.89. The summed E-state index contributed by atoms with van der Waals surface area (Å²) in [5.41, 5.74) is 5.60. The zero-order valence-electron chi connectivity index (χ0n) is 17.5. The van der Waals surface area contributed by atoms with Gasteiger partial charge in [-0.2, -0.15) is 0 Å². The van der Waals surface area contributed by atoms with E-state index >= 15 is 0 Å². The van der Waals surface area contributed by atoms with E-state index in [2.05, 4.69) is 42.0 Å². The van der Waals surface area contributed by atoms with Crippen LogP contribution in [-0.2, 0) is 0 Å². The van der Waals surface area contributed by atoms with E-state index in [1.807, 2.05) is 12.1 Å². The second-order valence-corrected chi connectivity index (χ2v) is 8.21. The van der Waals surface area contributed by atoms with E-state index in [-0.39, 0.29) is 0 Å². The van der Waals surface area contributed by atoms with Crippen molar-refractivity contribution in [1.82, 2.24) is 4.57 Å². The Morgan fingerprint density at radius 2 is 1.52 bits per heavy atom. The van der Waals surface area contributed by atoms with Crippen LogP contribution in [0.15, 0.2) is 40.7 Å². The normalized spacial score (nSPS) is 14.2. The summed E-state index contributed by atoms with van der Waals surface area (Å²) < 4.78 is 18.9. The molecule has 0 unspecified atom stereocenters. The number of nitrogens with zero attached hydrogens (tertiary/aromatic N) is 2. The van der Waals surface area contributed by atoms with Crippen molar-refractivity contribution in [2.75, 3.05) is 21.3 Å². The molecule has 4 rings (SSSR count). The minimum Gasteiger partial charge on any atom is -0.493 e. The highest BCUT2D eigenvalue weighted by molar-refractivity contribution is 7.07. The SMILES string of the molecule is COc1cc(-c2csc(=Nc3cc(C)cc(C)c3)n2C2CC2)cc(OC)c1OC. The lowest BCUT2D eigenvalue weighted by Crippen LogP contribution is -2.14. The lowest BCUT2D eigenvalue weighted by molar-refractivity contribution is 0.324. The minimum atomic E-state index is 0.486. The molecule has 0 radical (unpaired) electrons. The lowest BCUT2D eigenvalue weighted by Gasteiger charge is -2.15. The molecule has 0 amide bonds. The molecular weight excluding hydrogens is 384 g/mol. The van der Waals surface area contributed by atoms with Crippen LogP contribution in [0.25, 0.3) is 11.3 Å². The van der Waals surface area contributed by atoms with Crippen LogP contribution in [0.3, 0.4) is 0 Å². The van der Waals surface area contributed by atoms with Crippen LogP contribution >= 0.6 is 11.3 Å². The predicted octanol–water partition coefficient (Wildman–Crippen LogP) is 5.43. The van der Waals surface area contributed by atoms with Gasteiger partial charge < -0.3 is 18.8 Å². The Kier molecular flexibility index (Phi) is 5.37. The molecule has 1 aliphatic carbocycles. The fraction of sp³-hybridized carbons (Fsp3) is 0.348. The fourth-order valence-electron chi connectivity index (χ4n) is 3.65. The molecule has 1 aliphatic rings. The number of aryl methyl sites for hydroxylation is 2. The summed E-state index contributed by atoms with van der Waals surface area (Å²) in [6.45, 7) is 4.22. The lowest BCUT2D eigenvalue weighted by atomic mass is 10.1. The van der Waals surface area contributed by atoms with Gasteiger partial charge in [-0.1, -0.05) is 6.07 Å². The Morgan fingerprint density at radius 3 is 2.03 bits per heavy atom. The summed E-state index contributed by atoms with van der Waals surface area (Å²) in [6, 6.07) is 10.9. The van der Waals surface area contributed by atoms with Crippen molar-refractivity contribution in [3.63, 3.8) is 0 Å². The van der Waals surface area contributed by atoms with Crippen molar-refractivity contribution in [3.8, 4) is 28.5 Å². The first-order valence-electron chi connectivity index (χ1n) is 9.67. The van der Waals surface area contributed by atoms with Gasteiger partial charge in [-0.05, 0) is 62.1 Å². The topological polar surface area (TPSA) is 45.0 Å². The molecule has 0 bridgehead atoms. The Labute approximate surface area is 175 Å². The number of benzene rings is 2. The highest BCUT2D eigenvalue weighted by atomic mass is 32.1. The average molecular weight is 411 g/mol. The van der Waals surface area contributed by atoms with Crippen LogP contribution in [0.5, 0.6) is 17.2 Å². The molecule has 1 fully saturated rings. The van der Waals surface area contributed by atoms with E-state index in [9.17, 15) is 0 Å². The highest BCUT2D eigenvalue weighted by Gasteiger charge is 2.28. The van der Waals surface area contributed by atoms with Crippen LogP contribution < -0.4 is 19.0 Å². The number of rotatable bonds is 6. The Balaban J connectivity index is 1.88. The second-order valence-electron chi connectivity index (χ2n) is 7.38. The van der Waals surface area contributed by atoms with Crippen molar-refractivity contribution in [3.05, 3.63) is 51.6 Å². The van der Waals surface area contributed by atoms with Crippen LogP contribution in [0.4, 0.5) is 5.69 Å². The molecule has 0 aliphatic heterocycles. The van der Waals surface area contributed by atoms with Crippen molar-refractivity contribution in [2.45, 2.75) is 32.7 Å². The Morgan fingerprint density at radius 1 is 0.897 bits per heavy atom. The van der Waals surface area contributed by atoms with E-state index in [0.29, 0.717) is 23.3 Å². The Hall–Kier alpha value is -2.73. The van der Waals surface area contributed by atoms with Gasteiger partial charge in [0.25, 0.3) is 0 Å². The largest absolute Gasteiger partial charge is 0.493 e. The summed E-state index contributed by atoms with van der Waals surface area (Å²) in [6.07, 6.45) is 2.35. The summed E-state index contributed by atoms with van der Waals surface area (Å²) >= 11 is 1.67. The molecule has 3 aromatic rings. The van der Waals surface area contributed by atoms with E-state index < -0.39 is 0 Å². The number of hydrogen-bond acceptors (Lipinski definition) is 5. The summed E-state index contributed by atoms with van der Waals surface area (Å²) in [4.78, 5) is 6.00. The predicted molar refractivity (Wildman–Crippen MR) is 117 cm³/mol. The third-order valence-electron chi connectivity index (χ3n) is 5.05. The molecule has 0 spiro atoms. The van der Waals surface area contributed by atoms with Gasteiger partial charge >= 0.3 is 0 Å². The zero-order valence-corrected chi connectivity index (χ0v) is 18.3. The van der Waals surface area contributed by atoms with Gasteiger partial charge in [0.1, 0.15) is 0 Å². The first-order valence-corrected chi connectivity index (χ1v) is 10.6. The Bertz CT molecular complexity index is 1060. The van der Waals surface area contributed by atoms with Crippen molar-refractivity contribution in [1.29, 1.82) is 0 Å². The third kappa shape index (κ3) is 3.90. The van der Waals surface area contributed by atoms with Gasteiger partial charge in [0.2, 0.25) is 5.75 Å². The van der Waals surface area contributed by atoms with E-state index in [4.69, 9.17) is 19.2 Å². The van der Waals surface area contributed by atoms with Gasteiger partial charge in [-0.15, -0.1) is 11.3 Å². The molecule has 29 heavy (non-hydrogen) atoms. The minimum absolute atomic E-state index is 0.486. The number of aromatic nitrogens is 1. The van der Waals surface area contributed by atoms with Gasteiger partial charge in [-0.3, -0.25) is 0 Å². The molecular formula is C23H26N2O3S. The fourth-order valence-corrected chi connectivity index (χ4v) is 4.64. The summed E-state index contributed by atoms with van der Waals surface area (Å²) in [7, 11) is 4.91. The summed E-state index contributed by atoms with van der Waals surface area (Å²) in [5, 5.41) is 2.17.